The Labute approximate surface area is 163 Å². The van der Waals surface area contributed by atoms with E-state index in [4.69, 9.17) is 4.52 Å². The summed E-state index contributed by atoms with van der Waals surface area (Å²) >= 11 is 0. The first kappa shape index (κ1) is 20.3. The zero-order valence-corrected chi connectivity index (χ0v) is 17.5. The fourth-order valence-electron chi connectivity index (χ4n) is 4.25. The minimum Gasteiger partial charge on any atom is -0.340 e. The molecule has 0 spiro atoms. The van der Waals surface area contributed by atoms with Gasteiger partial charge < -0.3 is 9.42 Å². The van der Waals surface area contributed by atoms with Crippen LogP contribution in [0.2, 0.25) is 0 Å². The maximum absolute atomic E-state index is 12.7. The van der Waals surface area contributed by atoms with Crippen molar-refractivity contribution < 1.29 is 9.32 Å². The summed E-state index contributed by atoms with van der Waals surface area (Å²) in [7, 11) is 0. The number of amides is 1. The SMILES string of the molecule is C[C@H](CC(=O)N1CCN(Cc2noc(C(C)(C)C)n2)CC1)C1CCCCC1. The second-order valence-corrected chi connectivity index (χ2v) is 9.50. The lowest BCUT2D eigenvalue weighted by Crippen LogP contribution is -2.48. The monoisotopic (exact) mass is 376 g/mol. The maximum Gasteiger partial charge on any atom is 0.232 e. The van der Waals surface area contributed by atoms with Crippen molar-refractivity contribution in [3.05, 3.63) is 11.7 Å². The Morgan fingerprint density at radius 3 is 2.41 bits per heavy atom. The van der Waals surface area contributed by atoms with Gasteiger partial charge in [0.2, 0.25) is 11.8 Å². The quantitative estimate of drug-likeness (QED) is 0.785. The molecule has 3 rings (SSSR count). The van der Waals surface area contributed by atoms with Crippen LogP contribution in [0.5, 0.6) is 0 Å². The normalized spacial score (nSPS) is 21.4. The molecule has 0 bridgehead atoms. The summed E-state index contributed by atoms with van der Waals surface area (Å²) < 4.78 is 5.38. The van der Waals surface area contributed by atoms with E-state index in [1.807, 2.05) is 4.90 Å². The average molecular weight is 377 g/mol. The number of nitrogens with zero attached hydrogens (tertiary/aromatic N) is 4. The molecular formula is C21H36N4O2. The molecule has 27 heavy (non-hydrogen) atoms. The second-order valence-electron chi connectivity index (χ2n) is 9.50. The predicted octanol–water partition coefficient (Wildman–Crippen LogP) is 3.62. The minimum absolute atomic E-state index is 0.120. The molecule has 1 saturated carbocycles. The Bertz CT molecular complexity index is 608. The van der Waals surface area contributed by atoms with Gasteiger partial charge in [-0.3, -0.25) is 9.69 Å². The molecule has 0 radical (unpaired) electrons. The van der Waals surface area contributed by atoms with Gasteiger partial charge in [0, 0.05) is 38.0 Å². The molecule has 1 atom stereocenters. The van der Waals surface area contributed by atoms with Crippen molar-refractivity contribution in [2.75, 3.05) is 26.2 Å². The Morgan fingerprint density at radius 1 is 1.15 bits per heavy atom. The number of hydrogen-bond donors (Lipinski definition) is 0. The van der Waals surface area contributed by atoms with E-state index in [-0.39, 0.29) is 5.41 Å². The lowest BCUT2D eigenvalue weighted by Gasteiger charge is -2.35. The van der Waals surface area contributed by atoms with Crippen LogP contribution in [0.15, 0.2) is 4.52 Å². The van der Waals surface area contributed by atoms with Gasteiger partial charge in [0.15, 0.2) is 5.82 Å². The third-order valence-electron chi connectivity index (χ3n) is 6.15. The van der Waals surface area contributed by atoms with Crippen LogP contribution in [0.3, 0.4) is 0 Å². The van der Waals surface area contributed by atoms with E-state index >= 15 is 0 Å². The third-order valence-corrected chi connectivity index (χ3v) is 6.15. The van der Waals surface area contributed by atoms with Crippen molar-refractivity contribution in [1.29, 1.82) is 0 Å². The maximum atomic E-state index is 12.7. The number of aromatic nitrogens is 2. The van der Waals surface area contributed by atoms with Crippen LogP contribution in [0.4, 0.5) is 0 Å². The fourth-order valence-corrected chi connectivity index (χ4v) is 4.25. The van der Waals surface area contributed by atoms with Crippen LogP contribution < -0.4 is 0 Å². The van der Waals surface area contributed by atoms with E-state index in [0.29, 0.717) is 30.7 Å². The first-order valence-corrected chi connectivity index (χ1v) is 10.7. The Hall–Kier alpha value is -1.43. The summed E-state index contributed by atoms with van der Waals surface area (Å²) in [5, 5.41) is 4.11. The molecule has 2 aliphatic rings. The van der Waals surface area contributed by atoms with E-state index in [9.17, 15) is 4.79 Å². The van der Waals surface area contributed by atoms with Crippen LogP contribution in [0.25, 0.3) is 0 Å². The van der Waals surface area contributed by atoms with Gasteiger partial charge in [-0.25, -0.2) is 0 Å². The fraction of sp³-hybridized carbons (Fsp3) is 0.857. The number of carbonyl (C=O) groups is 1. The van der Waals surface area contributed by atoms with Gasteiger partial charge in [-0.05, 0) is 11.8 Å². The molecule has 1 aliphatic heterocycles. The molecule has 6 heteroatoms. The first-order chi connectivity index (χ1) is 12.8. The van der Waals surface area contributed by atoms with Crippen molar-refractivity contribution in [2.24, 2.45) is 11.8 Å². The van der Waals surface area contributed by atoms with E-state index < -0.39 is 0 Å². The standard InChI is InChI=1S/C21H36N4O2/c1-16(17-8-6-5-7-9-17)14-19(26)25-12-10-24(11-13-25)15-18-22-20(27-23-18)21(2,3)4/h16-17H,5-15H2,1-4H3/t16-/m1/s1. The summed E-state index contributed by atoms with van der Waals surface area (Å²) in [5.41, 5.74) is -0.120. The van der Waals surface area contributed by atoms with E-state index in [2.05, 4.69) is 42.7 Å². The molecule has 1 saturated heterocycles. The third kappa shape index (κ3) is 5.53. The van der Waals surface area contributed by atoms with Crippen molar-refractivity contribution >= 4 is 5.91 Å². The highest BCUT2D eigenvalue weighted by molar-refractivity contribution is 5.76. The van der Waals surface area contributed by atoms with Crippen molar-refractivity contribution in [2.45, 2.75) is 78.2 Å². The summed E-state index contributed by atoms with van der Waals surface area (Å²) in [5.74, 6) is 3.03. The summed E-state index contributed by atoms with van der Waals surface area (Å²) in [4.78, 5) is 21.6. The molecule has 2 heterocycles. The summed E-state index contributed by atoms with van der Waals surface area (Å²) in [6.45, 7) is 12.6. The molecule has 1 aliphatic carbocycles. The molecule has 1 amide bonds. The van der Waals surface area contributed by atoms with Gasteiger partial charge >= 0.3 is 0 Å². The van der Waals surface area contributed by atoms with Crippen molar-refractivity contribution in [1.82, 2.24) is 19.9 Å². The zero-order valence-electron chi connectivity index (χ0n) is 17.5. The number of rotatable bonds is 5. The molecule has 1 aromatic rings. The highest BCUT2D eigenvalue weighted by Gasteiger charge is 2.27. The number of hydrogen-bond acceptors (Lipinski definition) is 5. The second kappa shape index (κ2) is 8.72. The van der Waals surface area contributed by atoms with Crippen LogP contribution >= 0.6 is 0 Å². The topological polar surface area (TPSA) is 62.5 Å². The smallest absolute Gasteiger partial charge is 0.232 e. The van der Waals surface area contributed by atoms with E-state index in [1.165, 1.54) is 32.1 Å². The molecule has 0 aromatic carbocycles. The molecule has 0 unspecified atom stereocenters. The van der Waals surface area contributed by atoms with Crippen molar-refractivity contribution in [3.63, 3.8) is 0 Å². The van der Waals surface area contributed by atoms with Crippen LogP contribution in [0, 0.1) is 11.8 Å². The molecule has 0 N–H and O–H groups in total. The lowest BCUT2D eigenvalue weighted by atomic mass is 9.79. The minimum atomic E-state index is -0.120. The largest absolute Gasteiger partial charge is 0.340 e. The molecular weight excluding hydrogens is 340 g/mol. The highest BCUT2D eigenvalue weighted by Crippen LogP contribution is 2.31. The van der Waals surface area contributed by atoms with Crippen LogP contribution in [0.1, 0.15) is 77.9 Å². The van der Waals surface area contributed by atoms with Crippen LogP contribution in [-0.4, -0.2) is 52.0 Å². The molecule has 2 fully saturated rings. The Balaban J connectivity index is 1.43. The van der Waals surface area contributed by atoms with Gasteiger partial charge in [-0.1, -0.05) is 65.0 Å². The van der Waals surface area contributed by atoms with Gasteiger partial charge in [0.1, 0.15) is 0 Å². The average Bonchev–Trinajstić information content (AvgIpc) is 3.12. The first-order valence-electron chi connectivity index (χ1n) is 10.7. The molecule has 6 nitrogen and oxygen atoms in total. The van der Waals surface area contributed by atoms with Crippen LogP contribution in [-0.2, 0) is 16.8 Å². The summed E-state index contributed by atoms with van der Waals surface area (Å²) in [6, 6.07) is 0. The number of piperazine rings is 1. The van der Waals surface area contributed by atoms with Gasteiger partial charge in [0.25, 0.3) is 0 Å². The van der Waals surface area contributed by atoms with E-state index in [0.717, 1.165) is 37.9 Å². The lowest BCUT2D eigenvalue weighted by molar-refractivity contribution is -0.134. The van der Waals surface area contributed by atoms with Gasteiger partial charge in [-0.2, -0.15) is 4.98 Å². The predicted molar refractivity (Wildman–Crippen MR) is 105 cm³/mol. The Kier molecular flexibility index (Phi) is 6.56. The van der Waals surface area contributed by atoms with Gasteiger partial charge in [-0.15, -0.1) is 0 Å². The zero-order chi connectivity index (χ0) is 19.4. The summed E-state index contributed by atoms with van der Waals surface area (Å²) in [6.07, 6.45) is 7.39. The Morgan fingerprint density at radius 2 is 1.81 bits per heavy atom. The highest BCUT2D eigenvalue weighted by atomic mass is 16.5. The van der Waals surface area contributed by atoms with Gasteiger partial charge in [0.05, 0.1) is 6.54 Å². The van der Waals surface area contributed by atoms with E-state index in [1.54, 1.807) is 0 Å². The molecule has 1 aromatic heterocycles. The number of carbonyl (C=O) groups excluding carboxylic acids is 1. The van der Waals surface area contributed by atoms with Crippen molar-refractivity contribution in [3.8, 4) is 0 Å². The molecule has 152 valence electrons.